The predicted molar refractivity (Wildman–Crippen MR) is 76.9 cm³/mol. The van der Waals surface area contributed by atoms with Gasteiger partial charge in [0, 0.05) is 0 Å². The van der Waals surface area contributed by atoms with Gasteiger partial charge in [0.15, 0.2) is 6.35 Å². The van der Waals surface area contributed by atoms with Gasteiger partial charge in [-0.25, -0.2) is 0 Å². The molecule has 0 atom stereocenters. The summed E-state index contributed by atoms with van der Waals surface area (Å²) in [6.07, 6.45) is -0.0598. The lowest BCUT2D eigenvalue weighted by Crippen LogP contribution is -2.05. The van der Waals surface area contributed by atoms with Crippen molar-refractivity contribution in [2.75, 3.05) is 19.6 Å². The minimum Gasteiger partial charge on any atom is -0.481 e. The van der Waals surface area contributed by atoms with Crippen molar-refractivity contribution in [3.8, 4) is 5.75 Å². The average Bonchev–Trinajstić information content (AvgIpc) is 2.37. The summed E-state index contributed by atoms with van der Waals surface area (Å²) in [6.45, 7) is 8.51. The topological polar surface area (TPSA) is 44.8 Å². The summed E-state index contributed by atoms with van der Waals surface area (Å²) in [7, 11) is -3.14. The molecule has 0 fully saturated rings. The molecule has 0 aliphatic rings. The number of benzene rings is 1. The highest BCUT2D eigenvalue weighted by atomic mass is 31.2. The standard InChI is InChI=1S/C14H23O4P/c1-5-17-19(15,18-6-2)11-16-14-9-7-13(8-10-14)12(3)4/h7-10,12H,5-6,11H2,1-4H3. The Balaban J connectivity index is 2.61. The molecule has 0 aliphatic carbocycles. The number of hydrogen-bond donors (Lipinski definition) is 0. The molecule has 0 radical (unpaired) electrons. The second-order valence-corrected chi connectivity index (χ2v) is 6.44. The van der Waals surface area contributed by atoms with Crippen LogP contribution in [-0.2, 0) is 13.6 Å². The molecule has 1 aromatic carbocycles. The van der Waals surface area contributed by atoms with Gasteiger partial charge in [0.2, 0.25) is 0 Å². The Bertz CT molecular complexity index is 404. The largest absolute Gasteiger partial charge is 0.481 e. The zero-order valence-electron chi connectivity index (χ0n) is 12.1. The first-order valence-electron chi connectivity index (χ1n) is 6.61. The number of hydrogen-bond acceptors (Lipinski definition) is 4. The highest BCUT2D eigenvalue weighted by molar-refractivity contribution is 7.53. The smallest absolute Gasteiger partial charge is 0.367 e. The molecule has 4 nitrogen and oxygen atoms in total. The van der Waals surface area contributed by atoms with Crippen molar-refractivity contribution >= 4 is 7.60 Å². The van der Waals surface area contributed by atoms with Gasteiger partial charge in [0.05, 0.1) is 13.2 Å². The third kappa shape index (κ3) is 5.35. The summed E-state index contributed by atoms with van der Waals surface area (Å²) in [5, 5.41) is 0. The minimum absolute atomic E-state index is 0.0598. The fraction of sp³-hybridized carbons (Fsp3) is 0.571. The van der Waals surface area contributed by atoms with Gasteiger partial charge < -0.3 is 13.8 Å². The lowest BCUT2D eigenvalue weighted by Gasteiger charge is -2.17. The molecule has 1 aromatic rings. The van der Waals surface area contributed by atoms with Gasteiger partial charge in [-0.3, -0.25) is 4.57 Å². The van der Waals surface area contributed by atoms with Gasteiger partial charge in [-0.2, -0.15) is 0 Å². The molecule has 0 unspecified atom stereocenters. The van der Waals surface area contributed by atoms with Gasteiger partial charge >= 0.3 is 7.60 Å². The number of rotatable bonds is 8. The summed E-state index contributed by atoms with van der Waals surface area (Å²) in [5.74, 6) is 1.15. The molecule has 0 saturated carbocycles. The first-order chi connectivity index (χ1) is 9.00. The van der Waals surface area contributed by atoms with E-state index in [1.54, 1.807) is 13.8 Å². The van der Waals surface area contributed by atoms with Crippen LogP contribution >= 0.6 is 7.60 Å². The molecule has 0 N–H and O–H groups in total. The first-order valence-corrected chi connectivity index (χ1v) is 8.34. The van der Waals surface area contributed by atoms with E-state index in [-0.39, 0.29) is 6.35 Å². The van der Waals surface area contributed by atoms with E-state index in [1.807, 2.05) is 24.3 Å². The Hall–Kier alpha value is -0.830. The average molecular weight is 286 g/mol. The molecule has 0 bridgehead atoms. The Morgan fingerprint density at radius 2 is 1.58 bits per heavy atom. The van der Waals surface area contributed by atoms with E-state index in [2.05, 4.69) is 13.8 Å². The molecule has 0 heterocycles. The van der Waals surface area contributed by atoms with Gasteiger partial charge in [-0.1, -0.05) is 26.0 Å². The molecule has 108 valence electrons. The molecule has 0 amide bonds. The molecule has 5 heteroatoms. The van der Waals surface area contributed by atoms with Crippen LogP contribution < -0.4 is 4.74 Å². The molecule has 0 aliphatic heterocycles. The van der Waals surface area contributed by atoms with Crippen LogP contribution in [-0.4, -0.2) is 19.6 Å². The molecule has 0 aromatic heterocycles. The van der Waals surface area contributed by atoms with Crippen LogP contribution in [0.2, 0.25) is 0 Å². The fourth-order valence-corrected chi connectivity index (χ4v) is 2.93. The third-order valence-electron chi connectivity index (χ3n) is 2.59. The van der Waals surface area contributed by atoms with Crippen LogP contribution in [0.15, 0.2) is 24.3 Å². The highest BCUT2D eigenvalue weighted by Crippen LogP contribution is 2.47. The van der Waals surface area contributed by atoms with Gasteiger partial charge in [-0.15, -0.1) is 0 Å². The maximum absolute atomic E-state index is 12.2. The molecule has 0 spiro atoms. The maximum atomic E-state index is 12.2. The van der Waals surface area contributed by atoms with Crippen molar-refractivity contribution in [1.82, 2.24) is 0 Å². The van der Waals surface area contributed by atoms with Crippen LogP contribution in [0.4, 0.5) is 0 Å². The van der Waals surface area contributed by atoms with Crippen molar-refractivity contribution in [1.29, 1.82) is 0 Å². The Morgan fingerprint density at radius 1 is 1.05 bits per heavy atom. The first kappa shape index (κ1) is 16.2. The third-order valence-corrected chi connectivity index (χ3v) is 4.34. The van der Waals surface area contributed by atoms with Crippen molar-refractivity contribution < 1.29 is 18.3 Å². The highest BCUT2D eigenvalue weighted by Gasteiger charge is 2.24. The monoisotopic (exact) mass is 286 g/mol. The van der Waals surface area contributed by atoms with Crippen LogP contribution in [0.25, 0.3) is 0 Å². The molecule has 19 heavy (non-hydrogen) atoms. The second kappa shape index (κ2) is 7.68. The van der Waals surface area contributed by atoms with Crippen LogP contribution in [0.1, 0.15) is 39.2 Å². The van der Waals surface area contributed by atoms with E-state index < -0.39 is 7.60 Å². The minimum atomic E-state index is -3.14. The van der Waals surface area contributed by atoms with Crippen LogP contribution in [0.5, 0.6) is 5.75 Å². The zero-order chi connectivity index (χ0) is 14.3. The van der Waals surface area contributed by atoms with E-state index in [1.165, 1.54) is 5.56 Å². The van der Waals surface area contributed by atoms with Crippen molar-refractivity contribution in [3.05, 3.63) is 29.8 Å². The maximum Gasteiger partial charge on any atom is 0.367 e. The van der Waals surface area contributed by atoms with E-state index in [4.69, 9.17) is 13.8 Å². The Kier molecular flexibility index (Phi) is 6.56. The van der Waals surface area contributed by atoms with Crippen molar-refractivity contribution in [3.63, 3.8) is 0 Å². The summed E-state index contributed by atoms with van der Waals surface area (Å²) in [6, 6.07) is 7.76. The predicted octanol–water partition coefficient (Wildman–Crippen LogP) is 4.41. The quantitative estimate of drug-likeness (QED) is 0.664. The second-order valence-electron chi connectivity index (χ2n) is 4.44. The SMILES string of the molecule is CCOP(=O)(COc1ccc(C(C)C)cc1)OCC. The molecule has 1 rings (SSSR count). The van der Waals surface area contributed by atoms with Crippen LogP contribution in [0, 0.1) is 0 Å². The van der Waals surface area contributed by atoms with E-state index in [9.17, 15) is 4.57 Å². The summed E-state index contributed by atoms with van der Waals surface area (Å²) in [4.78, 5) is 0. The normalized spacial score (nSPS) is 11.8. The van der Waals surface area contributed by atoms with Gasteiger partial charge in [0.25, 0.3) is 0 Å². The molecular formula is C14H23O4P. The zero-order valence-corrected chi connectivity index (χ0v) is 13.0. The Labute approximate surface area is 115 Å². The van der Waals surface area contributed by atoms with Crippen molar-refractivity contribution in [2.45, 2.75) is 33.6 Å². The van der Waals surface area contributed by atoms with Gasteiger partial charge in [0.1, 0.15) is 5.75 Å². The lowest BCUT2D eigenvalue weighted by molar-refractivity contribution is 0.197. The summed E-state index contributed by atoms with van der Waals surface area (Å²) in [5.41, 5.74) is 1.24. The number of ether oxygens (including phenoxy) is 1. The molecule has 0 saturated heterocycles. The fourth-order valence-electron chi connectivity index (χ4n) is 1.61. The summed E-state index contributed by atoms with van der Waals surface area (Å²) < 4.78 is 28.0. The van der Waals surface area contributed by atoms with E-state index in [0.29, 0.717) is 24.9 Å². The van der Waals surface area contributed by atoms with Crippen LogP contribution in [0.3, 0.4) is 0 Å². The Morgan fingerprint density at radius 3 is 2.00 bits per heavy atom. The van der Waals surface area contributed by atoms with E-state index >= 15 is 0 Å². The van der Waals surface area contributed by atoms with Gasteiger partial charge in [-0.05, 0) is 37.5 Å². The van der Waals surface area contributed by atoms with E-state index in [0.717, 1.165) is 0 Å². The van der Waals surface area contributed by atoms with Crippen molar-refractivity contribution in [2.24, 2.45) is 0 Å². The molecular weight excluding hydrogens is 263 g/mol. The summed E-state index contributed by atoms with van der Waals surface area (Å²) >= 11 is 0. The lowest BCUT2D eigenvalue weighted by atomic mass is 10.0.